The molecule has 2 aromatic rings. The van der Waals surface area contributed by atoms with Gasteiger partial charge in [-0.15, -0.1) is 0 Å². The highest BCUT2D eigenvalue weighted by Gasteiger charge is 2.45. The maximum atomic E-state index is 14.4. The van der Waals surface area contributed by atoms with Crippen LogP contribution in [0, 0.1) is 11.7 Å². The van der Waals surface area contributed by atoms with Gasteiger partial charge in [0.25, 0.3) is 0 Å². The first-order valence-electron chi connectivity index (χ1n) is 9.72. The van der Waals surface area contributed by atoms with E-state index in [0.29, 0.717) is 5.56 Å². The number of pyridine rings is 1. The van der Waals surface area contributed by atoms with Crippen LogP contribution in [0.15, 0.2) is 18.5 Å². The van der Waals surface area contributed by atoms with Crippen molar-refractivity contribution in [3.8, 4) is 5.88 Å². The Hall–Kier alpha value is -2.89. The summed E-state index contributed by atoms with van der Waals surface area (Å²) in [6.45, 7) is 0.367. The standard InChI is InChI=1S/C19H18ClF4N5O3/c1-9(11-4-12(20)16(25-5-11)32-8-19(22,23)24)27-17-26-6-13(21)15(28-17)29-14(10-2-3-10)7-31-18(29)30/h4-6,9-10,14H,2-3,7-8H2,1H3,(H,26,27,28)/t9-,14+/m0/s1. The van der Waals surface area contributed by atoms with E-state index < -0.39 is 30.7 Å². The van der Waals surface area contributed by atoms with Crippen molar-refractivity contribution in [1.29, 1.82) is 0 Å². The molecule has 8 nitrogen and oxygen atoms in total. The molecule has 1 aliphatic carbocycles. The van der Waals surface area contributed by atoms with Crippen LogP contribution >= 0.6 is 11.6 Å². The molecule has 0 bridgehead atoms. The lowest BCUT2D eigenvalue weighted by Gasteiger charge is -2.21. The van der Waals surface area contributed by atoms with Crippen molar-refractivity contribution in [2.45, 2.75) is 38.0 Å². The van der Waals surface area contributed by atoms with E-state index in [1.165, 1.54) is 17.2 Å². The molecule has 4 rings (SSSR count). The predicted octanol–water partition coefficient (Wildman–Crippen LogP) is 4.51. The van der Waals surface area contributed by atoms with E-state index in [1.807, 2.05) is 0 Å². The second-order valence-electron chi connectivity index (χ2n) is 7.54. The van der Waals surface area contributed by atoms with Crippen molar-refractivity contribution in [2.24, 2.45) is 5.92 Å². The molecule has 2 aliphatic rings. The SMILES string of the molecule is C[C@H](Nc1ncc(F)c(N2C(=O)OC[C@@H]2C2CC2)n1)c1cnc(OCC(F)(F)F)c(Cl)c1. The number of cyclic esters (lactones) is 1. The van der Waals surface area contributed by atoms with Crippen molar-refractivity contribution < 1.29 is 31.8 Å². The molecule has 2 fully saturated rings. The number of hydrogen-bond donors (Lipinski definition) is 1. The molecular weight excluding hydrogens is 458 g/mol. The van der Waals surface area contributed by atoms with Crippen LogP contribution in [0.4, 0.5) is 34.1 Å². The van der Waals surface area contributed by atoms with Gasteiger partial charge >= 0.3 is 12.3 Å². The maximum absolute atomic E-state index is 14.4. The molecule has 0 radical (unpaired) electrons. The number of alkyl halides is 3. The summed E-state index contributed by atoms with van der Waals surface area (Å²) in [4.78, 5) is 25.3. The number of carbonyl (C=O) groups is 1. The zero-order valence-electron chi connectivity index (χ0n) is 16.7. The molecule has 1 amide bonds. The average Bonchev–Trinajstić information content (AvgIpc) is 3.50. The lowest BCUT2D eigenvalue weighted by Crippen LogP contribution is -2.36. The first kappa shape index (κ1) is 22.3. The molecule has 0 aromatic carbocycles. The highest BCUT2D eigenvalue weighted by Crippen LogP contribution is 2.40. The van der Waals surface area contributed by atoms with Gasteiger partial charge in [-0.25, -0.2) is 19.2 Å². The van der Waals surface area contributed by atoms with Crippen LogP contribution in [0.3, 0.4) is 0 Å². The van der Waals surface area contributed by atoms with E-state index in [2.05, 4.69) is 25.0 Å². The lowest BCUT2D eigenvalue weighted by molar-refractivity contribution is -0.154. The number of hydrogen-bond acceptors (Lipinski definition) is 7. The normalized spacial score (nSPS) is 19.6. The van der Waals surface area contributed by atoms with Crippen LogP contribution < -0.4 is 15.0 Å². The smallest absolute Gasteiger partial charge is 0.422 e. The van der Waals surface area contributed by atoms with E-state index >= 15 is 0 Å². The van der Waals surface area contributed by atoms with Crippen molar-refractivity contribution in [1.82, 2.24) is 15.0 Å². The molecule has 1 N–H and O–H groups in total. The zero-order valence-corrected chi connectivity index (χ0v) is 17.5. The summed E-state index contributed by atoms with van der Waals surface area (Å²) in [5.41, 5.74) is 0.500. The van der Waals surface area contributed by atoms with Gasteiger partial charge in [0.1, 0.15) is 11.6 Å². The maximum Gasteiger partial charge on any atom is 0.422 e. The molecule has 2 aromatic heterocycles. The van der Waals surface area contributed by atoms with Crippen molar-refractivity contribution >= 4 is 29.5 Å². The highest BCUT2D eigenvalue weighted by molar-refractivity contribution is 6.31. The van der Waals surface area contributed by atoms with Gasteiger partial charge in [-0.05, 0) is 37.3 Å². The largest absolute Gasteiger partial charge is 0.467 e. The molecule has 0 spiro atoms. The summed E-state index contributed by atoms with van der Waals surface area (Å²) in [6.07, 6.45) is -1.07. The number of amides is 1. The molecule has 3 heterocycles. The minimum Gasteiger partial charge on any atom is -0.467 e. The Labute approximate surface area is 184 Å². The van der Waals surface area contributed by atoms with Gasteiger partial charge in [0, 0.05) is 6.20 Å². The molecule has 1 aliphatic heterocycles. The molecule has 1 saturated carbocycles. The van der Waals surface area contributed by atoms with E-state index in [4.69, 9.17) is 16.3 Å². The summed E-state index contributed by atoms with van der Waals surface area (Å²) in [6, 6.07) is 0.618. The van der Waals surface area contributed by atoms with Gasteiger partial charge in [0.05, 0.1) is 18.3 Å². The molecule has 13 heteroatoms. The van der Waals surface area contributed by atoms with Crippen molar-refractivity contribution in [2.75, 3.05) is 23.4 Å². The summed E-state index contributed by atoms with van der Waals surface area (Å²) in [5.74, 6) is -1.00. The monoisotopic (exact) mass is 475 g/mol. The first-order chi connectivity index (χ1) is 15.1. The van der Waals surface area contributed by atoms with E-state index in [-0.39, 0.29) is 41.2 Å². The Morgan fingerprint density at radius 2 is 2.09 bits per heavy atom. The fourth-order valence-corrected chi connectivity index (χ4v) is 3.54. The third kappa shape index (κ3) is 4.95. The number of rotatable bonds is 7. The van der Waals surface area contributed by atoms with Gasteiger partial charge < -0.3 is 14.8 Å². The Balaban J connectivity index is 1.49. The molecule has 2 atom stereocenters. The quantitative estimate of drug-likeness (QED) is 0.589. The van der Waals surface area contributed by atoms with Crippen molar-refractivity contribution in [3.05, 3.63) is 34.9 Å². The fraction of sp³-hybridized carbons (Fsp3) is 0.474. The zero-order chi connectivity index (χ0) is 23.0. The topological polar surface area (TPSA) is 89.5 Å². The number of carbonyl (C=O) groups excluding carboxylic acids is 1. The lowest BCUT2D eigenvalue weighted by atomic mass is 10.1. The van der Waals surface area contributed by atoms with Crippen LogP contribution in [0.1, 0.15) is 31.4 Å². The predicted molar refractivity (Wildman–Crippen MR) is 105 cm³/mol. The average molecular weight is 476 g/mol. The summed E-state index contributed by atoms with van der Waals surface area (Å²) in [7, 11) is 0. The molecule has 172 valence electrons. The number of anilines is 2. The minimum atomic E-state index is -4.52. The molecular formula is C19H18ClF4N5O3. The van der Waals surface area contributed by atoms with Crippen LogP contribution in [-0.2, 0) is 4.74 Å². The van der Waals surface area contributed by atoms with Crippen LogP contribution in [0.5, 0.6) is 5.88 Å². The number of nitrogens with zero attached hydrogens (tertiary/aromatic N) is 4. The third-order valence-electron chi connectivity index (χ3n) is 5.07. The van der Waals surface area contributed by atoms with E-state index in [9.17, 15) is 22.4 Å². The number of ether oxygens (including phenoxy) is 2. The highest BCUT2D eigenvalue weighted by atomic mass is 35.5. The Morgan fingerprint density at radius 1 is 1.34 bits per heavy atom. The van der Waals surface area contributed by atoms with Gasteiger partial charge in [0.15, 0.2) is 18.2 Å². The molecule has 0 unspecified atom stereocenters. The second-order valence-corrected chi connectivity index (χ2v) is 7.95. The van der Waals surface area contributed by atoms with Crippen LogP contribution in [-0.4, -0.2) is 46.5 Å². The van der Waals surface area contributed by atoms with Crippen molar-refractivity contribution in [3.63, 3.8) is 0 Å². The minimum absolute atomic E-state index is 0.0386. The third-order valence-corrected chi connectivity index (χ3v) is 5.34. The van der Waals surface area contributed by atoms with Crippen LogP contribution in [0.25, 0.3) is 0 Å². The van der Waals surface area contributed by atoms with E-state index in [0.717, 1.165) is 19.0 Å². The van der Waals surface area contributed by atoms with Gasteiger partial charge in [-0.3, -0.25) is 4.90 Å². The van der Waals surface area contributed by atoms with Gasteiger partial charge in [0.2, 0.25) is 11.8 Å². The number of nitrogens with one attached hydrogen (secondary N) is 1. The van der Waals surface area contributed by atoms with Crippen LogP contribution in [0.2, 0.25) is 5.02 Å². The Kier molecular flexibility index (Phi) is 5.97. The summed E-state index contributed by atoms with van der Waals surface area (Å²) in [5, 5.41) is 2.84. The molecule has 1 saturated heterocycles. The number of halogens is 5. The summed E-state index contributed by atoms with van der Waals surface area (Å²) < 4.78 is 61.0. The molecule has 32 heavy (non-hydrogen) atoms. The van der Waals surface area contributed by atoms with Gasteiger partial charge in [-0.1, -0.05) is 11.6 Å². The first-order valence-corrected chi connectivity index (χ1v) is 10.1. The van der Waals surface area contributed by atoms with E-state index in [1.54, 1.807) is 6.92 Å². The van der Waals surface area contributed by atoms with Gasteiger partial charge in [-0.2, -0.15) is 18.2 Å². The Morgan fingerprint density at radius 3 is 2.75 bits per heavy atom. The Bertz CT molecular complexity index is 1020. The second kappa shape index (κ2) is 8.57. The number of aromatic nitrogens is 3. The fourth-order valence-electron chi connectivity index (χ4n) is 3.31. The summed E-state index contributed by atoms with van der Waals surface area (Å²) >= 11 is 5.98.